The molecule has 28 heavy (non-hydrogen) atoms. The Balaban J connectivity index is 1.79. The van der Waals surface area contributed by atoms with Crippen molar-refractivity contribution in [2.45, 2.75) is 33.7 Å². The number of rotatable bonds is 3. The number of fused-ring (bicyclic) bond motifs is 2. The van der Waals surface area contributed by atoms with Crippen LogP contribution in [-0.2, 0) is 0 Å². The van der Waals surface area contributed by atoms with Gasteiger partial charge in [-0.2, -0.15) is 0 Å². The van der Waals surface area contributed by atoms with E-state index in [-0.39, 0.29) is 24.2 Å². The van der Waals surface area contributed by atoms with Crippen molar-refractivity contribution in [2.24, 2.45) is 5.41 Å². The Hall–Kier alpha value is -3.08. The summed E-state index contributed by atoms with van der Waals surface area (Å²) in [6.07, 6.45) is 0. The zero-order chi connectivity index (χ0) is 19.9. The van der Waals surface area contributed by atoms with Gasteiger partial charge in [0.25, 0.3) is 5.91 Å². The van der Waals surface area contributed by atoms with Gasteiger partial charge in [0.15, 0.2) is 11.5 Å². The van der Waals surface area contributed by atoms with Gasteiger partial charge in [-0.15, -0.1) is 0 Å². The average molecular weight is 376 g/mol. The molecule has 0 fully saturated rings. The smallest absolute Gasteiger partial charge is 0.252 e. The van der Waals surface area contributed by atoms with E-state index in [2.05, 4.69) is 26.1 Å². The Bertz CT molecular complexity index is 1050. The maximum Gasteiger partial charge on any atom is 0.252 e. The minimum atomic E-state index is -0.0944. The zero-order valence-electron chi connectivity index (χ0n) is 16.6. The summed E-state index contributed by atoms with van der Waals surface area (Å²) in [5.74, 6) is 1.32. The van der Waals surface area contributed by atoms with Crippen LogP contribution >= 0.6 is 0 Å². The van der Waals surface area contributed by atoms with Gasteiger partial charge in [-0.25, -0.2) is 4.98 Å². The molecule has 5 heteroatoms. The van der Waals surface area contributed by atoms with Gasteiger partial charge < -0.3 is 14.8 Å². The lowest BCUT2D eigenvalue weighted by atomic mass is 9.88. The highest BCUT2D eigenvalue weighted by Gasteiger charge is 2.24. The first-order valence-electron chi connectivity index (χ1n) is 9.43. The lowest BCUT2D eigenvalue weighted by Gasteiger charge is -2.28. The fraction of sp³-hybridized carbons (Fsp3) is 0.304. The number of pyridine rings is 1. The number of nitrogens with zero attached hydrogens (tertiary/aromatic N) is 1. The van der Waals surface area contributed by atoms with E-state index in [1.807, 2.05) is 55.5 Å². The van der Waals surface area contributed by atoms with Gasteiger partial charge in [0.2, 0.25) is 6.79 Å². The van der Waals surface area contributed by atoms with Crippen molar-refractivity contribution < 1.29 is 14.3 Å². The summed E-state index contributed by atoms with van der Waals surface area (Å²) in [5, 5.41) is 3.98. The van der Waals surface area contributed by atoms with E-state index in [4.69, 9.17) is 14.5 Å². The summed E-state index contributed by atoms with van der Waals surface area (Å²) in [4.78, 5) is 17.9. The van der Waals surface area contributed by atoms with E-state index < -0.39 is 0 Å². The van der Waals surface area contributed by atoms with Crippen LogP contribution in [0.25, 0.3) is 22.2 Å². The topological polar surface area (TPSA) is 60.5 Å². The fourth-order valence-electron chi connectivity index (χ4n) is 3.06. The summed E-state index contributed by atoms with van der Waals surface area (Å²) in [6, 6.07) is 15.3. The Morgan fingerprint density at radius 3 is 2.61 bits per heavy atom. The maximum atomic E-state index is 13.1. The molecular formula is C23H24N2O3. The number of amides is 1. The Morgan fingerprint density at radius 2 is 1.82 bits per heavy atom. The van der Waals surface area contributed by atoms with Gasteiger partial charge in [-0.3, -0.25) is 4.79 Å². The number of carbonyl (C=O) groups excluding carboxylic acids is 1. The molecule has 2 heterocycles. The normalized spacial score (nSPS) is 14.1. The van der Waals surface area contributed by atoms with Crippen LogP contribution in [0.5, 0.6) is 11.5 Å². The molecule has 0 bridgehead atoms. The number of para-hydroxylation sites is 1. The van der Waals surface area contributed by atoms with Crippen LogP contribution in [0.1, 0.15) is 38.1 Å². The third kappa shape index (κ3) is 3.40. The molecule has 4 rings (SSSR count). The SMILES string of the molecule is C[C@@H](NC(=O)c1cc(-c2ccc3c(c2)OCO3)nc2ccccc12)C(C)(C)C. The molecule has 144 valence electrons. The van der Waals surface area contributed by atoms with Gasteiger partial charge in [-0.1, -0.05) is 39.0 Å². The number of hydrogen-bond acceptors (Lipinski definition) is 4. The molecule has 0 aliphatic carbocycles. The Kier molecular flexibility index (Phi) is 4.46. The summed E-state index contributed by atoms with van der Waals surface area (Å²) in [6.45, 7) is 8.59. The second-order valence-electron chi connectivity index (χ2n) is 8.20. The summed E-state index contributed by atoms with van der Waals surface area (Å²) >= 11 is 0. The Labute approximate surface area is 164 Å². The minimum Gasteiger partial charge on any atom is -0.454 e. The first-order chi connectivity index (χ1) is 13.3. The largest absolute Gasteiger partial charge is 0.454 e. The summed E-state index contributed by atoms with van der Waals surface area (Å²) in [5.41, 5.74) is 2.98. The number of hydrogen-bond donors (Lipinski definition) is 1. The van der Waals surface area contributed by atoms with Gasteiger partial charge >= 0.3 is 0 Å². The van der Waals surface area contributed by atoms with Crippen LogP contribution in [0.15, 0.2) is 48.5 Å². The molecule has 1 aliphatic heterocycles. The van der Waals surface area contributed by atoms with Crippen molar-refractivity contribution in [3.05, 3.63) is 54.1 Å². The highest BCUT2D eigenvalue weighted by atomic mass is 16.7. The molecule has 0 radical (unpaired) electrons. The van der Waals surface area contributed by atoms with Crippen LogP contribution in [0.2, 0.25) is 0 Å². The molecule has 5 nitrogen and oxygen atoms in total. The third-order valence-electron chi connectivity index (χ3n) is 5.28. The summed E-state index contributed by atoms with van der Waals surface area (Å²) < 4.78 is 10.9. The molecule has 1 N–H and O–H groups in total. The van der Waals surface area contributed by atoms with Crippen molar-refractivity contribution in [2.75, 3.05) is 6.79 Å². The predicted octanol–water partition coefficient (Wildman–Crippen LogP) is 4.79. The lowest BCUT2D eigenvalue weighted by molar-refractivity contribution is 0.0912. The van der Waals surface area contributed by atoms with Crippen LogP contribution < -0.4 is 14.8 Å². The molecule has 0 saturated heterocycles. The Morgan fingerprint density at radius 1 is 1.07 bits per heavy atom. The highest BCUT2D eigenvalue weighted by Crippen LogP contribution is 2.36. The third-order valence-corrected chi connectivity index (χ3v) is 5.28. The van der Waals surface area contributed by atoms with E-state index in [0.29, 0.717) is 11.3 Å². The number of aromatic nitrogens is 1. The molecule has 2 aromatic carbocycles. The lowest BCUT2D eigenvalue weighted by Crippen LogP contribution is -2.41. The molecule has 0 saturated carbocycles. The highest BCUT2D eigenvalue weighted by molar-refractivity contribution is 6.07. The molecule has 0 unspecified atom stereocenters. The molecule has 1 atom stereocenters. The second-order valence-corrected chi connectivity index (χ2v) is 8.20. The monoisotopic (exact) mass is 376 g/mol. The van der Waals surface area contributed by atoms with E-state index in [1.165, 1.54) is 0 Å². The van der Waals surface area contributed by atoms with E-state index in [0.717, 1.165) is 27.9 Å². The number of ether oxygens (including phenoxy) is 2. The number of carbonyl (C=O) groups is 1. The first kappa shape index (κ1) is 18.3. The van der Waals surface area contributed by atoms with Gasteiger partial charge in [0, 0.05) is 17.0 Å². The average Bonchev–Trinajstić information content (AvgIpc) is 3.14. The fourth-order valence-corrected chi connectivity index (χ4v) is 3.06. The zero-order valence-corrected chi connectivity index (χ0v) is 16.6. The molecule has 3 aromatic rings. The standard InChI is InChI=1S/C23H24N2O3/c1-14(23(2,3)4)24-22(26)17-12-19(25-18-8-6-5-7-16(17)18)15-9-10-20-21(11-15)28-13-27-20/h5-12,14H,13H2,1-4H3,(H,24,26)/t14-/m1/s1. The van der Waals surface area contributed by atoms with Crippen molar-refractivity contribution >= 4 is 16.8 Å². The molecule has 1 amide bonds. The van der Waals surface area contributed by atoms with Gasteiger partial charge in [0.05, 0.1) is 16.8 Å². The number of nitrogens with one attached hydrogen (secondary N) is 1. The number of benzene rings is 2. The van der Waals surface area contributed by atoms with Gasteiger partial charge in [0.1, 0.15) is 0 Å². The minimum absolute atomic E-state index is 0.0286. The molecule has 1 aromatic heterocycles. The van der Waals surface area contributed by atoms with Crippen LogP contribution in [-0.4, -0.2) is 23.7 Å². The molecule has 0 spiro atoms. The second kappa shape index (κ2) is 6.82. The van der Waals surface area contributed by atoms with Crippen molar-refractivity contribution in [1.29, 1.82) is 0 Å². The van der Waals surface area contributed by atoms with E-state index >= 15 is 0 Å². The summed E-state index contributed by atoms with van der Waals surface area (Å²) in [7, 11) is 0. The van der Waals surface area contributed by atoms with E-state index in [9.17, 15) is 4.79 Å². The molecule has 1 aliphatic rings. The van der Waals surface area contributed by atoms with Crippen molar-refractivity contribution in [1.82, 2.24) is 10.3 Å². The van der Waals surface area contributed by atoms with Gasteiger partial charge in [-0.05, 0) is 42.7 Å². The van der Waals surface area contributed by atoms with Crippen LogP contribution in [0.4, 0.5) is 0 Å². The van der Waals surface area contributed by atoms with Crippen molar-refractivity contribution in [3.63, 3.8) is 0 Å². The first-order valence-corrected chi connectivity index (χ1v) is 9.43. The van der Waals surface area contributed by atoms with Crippen LogP contribution in [0.3, 0.4) is 0 Å². The van der Waals surface area contributed by atoms with E-state index in [1.54, 1.807) is 0 Å². The van der Waals surface area contributed by atoms with Crippen LogP contribution in [0, 0.1) is 5.41 Å². The molecular weight excluding hydrogens is 352 g/mol. The van der Waals surface area contributed by atoms with Crippen molar-refractivity contribution in [3.8, 4) is 22.8 Å². The predicted molar refractivity (Wildman–Crippen MR) is 110 cm³/mol. The maximum absolute atomic E-state index is 13.1. The quantitative estimate of drug-likeness (QED) is 0.714.